The maximum atomic E-state index is 12.1. The van der Waals surface area contributed by atoms with Crippen LogP contribution in [-0.4, -0.2) is 42.4 Å². The van der Waals surface area contributed by atoms with E-state index in [0.717, 1.165) is 27.8 Å². The maximum Gasteiger partial charge on any atom is 0.211 e. The van der Waals surface area contributed by atoms with E-state index in [2.05, 4.69) is 14.3 Å². The molecule has 1 aromatic carbocycles. The number of rotatable bonds is 8. The summed E-state index contributed by atoms with van der Waals surface area (Å²) in [5.41, 5.74) is 2.14. The van der Waals surface area contributed by atoms with Gasteiger partial charge in [0.15, 0.2) is 0 Å². The van der Waals surface area contributed by atoms with Gasteiger partial charge >= 0.3 is 0 Å². The summed E-state index contributed by atoms with van der Waals surface area (Å²) < 4.78 is 34.3. The summed E-state index contributed by atoms with van der Waals surface area (Å²) >= 11 is 0. The Hall–Kier alpha value is -2.03. The molecule has 3 rings (SSSR count). The van der Waals surface area contributed by atoms with Crippen molar-refractivity contribution in [3.8, 4) is 0 Å². The first-order chi connectivity index (χ1) is 12.8. The predicted molar refractivity (Wildman–Crippen MR) is 107 cm³/mol. The van der Waals surface area contributed by atoms with Crippen molar-refractivity contribution in [1.82, 2.24) is 19.3 Å². The first-order valence-corrected chi connectivity index (χ1v) is 10.6. The second-order valence-corrected chi connectivity index (χ2v) is 9.31. The number of sulfonamides is 1. The van der Waals surface area contributed by atoms with Crippen LogP contribution < -0.4 is 4.72 Å². The number of hydrogen-bond acceptors (Lipinski definition) is 5. The van der Waals surface area contributed by atoms with Crippen LogP contribution in [0, 0.1) is 5.41 Å². The van der Waals surface area contributed by atoms with E-state index in [1.54, 1.807) is 6.20 Å². The van der Waals surface area contributed by atoms with Crippen molar-refractivity contribution in [2.45, 2.75) is 33.9 Å². The molecule has 27 heavy (non-hydrogen) atoms. The number of imidazole rings is 1. The average Bonchev–Trinajstić information content (AvgIpc) is 2.96. The van der Waals surface area contributed by atoms with Crippen LogP contribution in [-0.2, 0) is 27.9 Å². The molecule has 0 amide bonds. The molecule has 3 aromatic rings. The maximum absolute atomic E-state index is 12.1. The molecule has 0 aliphatic rings. The van der Waals surface area contributed by atoms with Crippen molar-refractivity contribution in [3.05, 3.63) is 36.3 Å². The van der Waals surface area contributed by atoms with Crippen LogP contribution in [0.25, 0.3) is 21.9 Å². The molecule has 0 radical (unpaired) electrons. The Labute approximate surface area is 159 Å². The Bertz CT molecular complexity index is 1060. The highest BCUT2D eigenvalue weighted by Crippen LogP contribution is 2.29. The van der Waals surface area contributed by atoms with Crippen molar-refractivity contribution in [2.24, 2.45) is 5.41 Å². The van der Waals surface area contributed by atoms with Gasteiger partial charge in [-0.25, -0.2) is 18.1 Å². The molecule has 0 bridgehead atoms. The molecular weight excluding hydrogens is 364 g/mol. The number of aromatic nitrogens is 3. The van der Waals surface area contributed by atoms with E-state index in [1.807, 2.05) is 45.0 Å². The third kappa shape index (κ3) is 4.28. The number of benzene rings is 1. The van der Waals surface area contributed by atoms with Crippen LogP contribution in [0.2, 0.25) is 0 Å². The van der Waals surface area contributed by atoms with Crippen molar-refractivity contribution >= 4 is 32.0 Å². The van der Waals surface area contributed by atoms with Crippen molar-refractivity contribution < 1.29 is 13.2 Å². The topological polar surface area (TPSA) is 86.1 Å². The fourth-order valence-electron chi connectivity index (χ4n) is 3.34. The van der Waals surface area contributed by atoms with E-state index in [1.165, 1.54) is 7.05 Å². The predicted octanol–water partition coefficient (Wildman–Crippen LogP) is 2.70. The molecule has 0 unspecified atom stereocenters. The van der Waals surface area contributed by atoms with Crippen LogP contribution in [0.15, 0.2) is 30.5 Å². The molecule has 0 saturated carbocycles. The Kier molecular flexibility index (Phi) is 5.50. The Morgan fingerprint density at radius 3 is 2.67 bits per heavy atom. The zero-order valence-electron chi connectivity index (χ0n) is 16.2. The number of hydrogen-bond donors (Lipinski definition) is 1. The average molecular weight is 391 g/mol. The molecule has 0 spiro atoms. The van der Waals surface area contributed by atoms with Crippen LogP contribution in [0.3, 0.4) is 0 Å². The van der Waals surface area contributed by atoms with Gasteiger partial charge in [-0.2, -0.15) is 0 Å². The SMILES string of the molecule is CCOCc1nc2cnc3ccccc3c2n1CC(C)(C)CS(=O)(=O)NC. The van der Waals surface area contributed by atoms with Crippen LogP contribution in [0.5, 0.6) is 0 Å². The zero-order valence-corrected chi connectivity index (χ0v) is 17.0. The van der Waals surface area contributed by atoms with Crippen LogP contribution in [0.1, 0.15) is 26.6 Å². The lowest BCUT2D eigenvalue weighted by Gasteiger charge is -2.26. The molecule has 8 heteroatoms. The van der Waals surface area contributed by atoms with E-state index in [0.29, 0.717) is 19.8 Å². The second kappa shape index (κ2) is 7.53. The minimum absolute atomic E-state index is 0.0211. The third-order valence-corrected chi connectivity index (χ3v) is 6.26. The van der Waals surface area contributed by atoms with E-state index in [-0.39, 0.29) is 5.75 Å². The highest BCUT2D eigenvalue weighted by atomic mass is 32.2. The molecular formula is C19H26N4O3S. The molecule has 0 saturated heterocycles. The van der Waals surface area contributed by atoms with Gasteiger partial charge in [-0.1, -0.05) is 32.0 Å². The fourth-order valence-corrected chi connectivity index (χ4v) is 4.61. The summed E-state index contributed by atoms with van der Waals surface area (Å²) in [6.07, 6.45) is 1.76. The highest BCUT2D eigenvalue weighted by molar-refractivity contribution is 7.89. The lowest BCUT2D eigenvalue weighted by atomic mass is 9.96. The minimum Gasteiger partial charge on any atom is -0.374 e. The van der Waals surface area contributed by atoms with Gasteiger partial charge in [0.05, 0.1) is 23.0 Å². The Balaban J connectivity index is 2.14. The van der Waals surface area contributed by atoms with Gasteiger partial charge in [-0.15, -0.1) is 0 Å². The summed E-state index contributed by atoms with van der Waals surface area (Å²) in [7, 11) is -1.89. The van der Waals surface area contributed by atoms with Crippen LogP contribution >= 0.6 is 0 Å². The Morgan fingerprint density at radius 2 is 1.96 bits per heavy atom. The molecule has 1 N–H and O–H groups in total. The van der Waals surface area contributed by atoms with E-state index in [9.17, 15) is 8.42 Å². The lowest BCUT2D eigenvalue weighted by Crippen LogP contribution is -2.34. The number of pyridine rings is 1. The summed E-state index contributed by atoms with van der Waals surface area (Å²) in [6.45, 7) is 7.28. The summed E-state index contributed by atoms with van der Waals surface area (Å²) in [6, 6.07) is 7.90. The zero-order chi connectivity index (χ0) is 19.7. The first kappa shape index (κ1) is 19.7. The number of nitrogens with one attached hydrogen (secondary N) is 1. The monoisotopic (exact) mass is 390 g/mol. The molecule has 0 atom stereocenters. The van der Waals surface area contributed by atoms with Crippen molar-refractivity contribution in [2.75, 3.05) is 19.4 Å². The third-order valence-electron chi connectivity index (χ3n) is 4.47. The van der Waals surface area contributed by atoms with Gasteiger partial charge in [0.2, 0.25) is 10.0 Å². The smallest absolute Gasteiger partial charge is 0.211 e. The van der Waals surface area contributed by atoms with Gasteiger partial charge in [0.25, 0.3) is 0 Å². The molecule has 146 valence electrons. The number of fused-ring (bicyclic) bond motifs is 3. The molecule has 0 aliphatic heterocycles. The first-order valence-electron chi connectivity index (χ1n) is 8.98. The molecule has 2 heterocycles. The second-order valence-electron chi connectivity index (χ2n) is 7.39. The van der Waals surface area contributed by atoms with Gasteiger partial charge in [0, 0.05) is 18.5 Å². The van der Waals surface area contributed by atoms with E-state index >= 15 is 0 Å². The quantitative estimate of drug-likeness (QED) is 0.639. The van der Waals surface area contributed by atoms with Crippen molar-refractivity contribution in [1.29, 1.82) is 0 Å². The number of nitrogens with zero attached hydrogens (tertiary/aromatic N) is 3. The molecule has 0 fully saturated rings. The summed E-state index contributed by atoms with van der Waals surface area (Å²) in [5.74, 6) is 0.799. The van der Waals surface area contributed by atoms with Crippen LogP contribution in [0.4, 0.5) is 0 Å². The van der Waals surface area contributed by atoms with Crippen molar-refractivity contribution in [3.63, 3.8) is 0 Å². The lowest BCUT2D eigenvalue weighted by molar-refractivity contribution is 0.124. The number of para-hydroxylation sites is 1. The summed E-state index contributed by atoms with van der Waals surface area (Å²) in [5, 5.41) is 0.998. The minimum atomic E-state index is -3.33. The Morgan fingerprint density at radius 1 is 1.22 bits per heavy atom. The molecule has 0 aliphatic carbocycles. The van der Waals surface area contributed by atoms with Gasteiger partial charge in [-0.05, 0) is 25.5 Å². The van der Waals surface area contributed by atoms with Gasteiger partial charge < -0.3 is 9.30 Å². The highest BCUT2D eigenvalue weighted by Gasteiger charge is 2.28. The fraction of sp³-hybridized carbons (Fsp3) is 0.474. The number of ether oxygens (including phenoxy) is 1. The molecule has 7 nitrogen and oxygen atoms in total. The largest absolute Gasteiger partial charge is 0.374 e. The standard InChI is InChI=1S/C19H26N4O3S/c1-5-26-11-17-22-16-10-21-15-9-7-6-8-14(15)18(16)23(17)12-19(2,3)13-27(24,25)20-4/h6-10,20H,5,11-13H2,1-4H3. The molecule has 2 aromatic heterocycles. The van der Waals surface area contributed by atoms with E-state index in [4.69, 9.17) is 9.72 Å². The van der Waals surface area contributed by atoms with Gasteiger partial charge in [0.1, 0.15) is 17.9 Å². The normalized spacial score (nSPS) is 12.9. The van der Waals surface area contributed by atoms with E-state index < -0.39 is 15.4 Å². The summed E-state index contributed by atoms with van der Waals surface area (Å²) in [4.78, 5) is 9.20. The van der Waals surface area contributed by atoms with Gasteiger partial charge in [-0.3, -0.25) is 4.98 Å².